The maximum Gasteiger partial charge on any atom is 0.273 e. The highest BCUT2D eigenvalue weighted by Crippen LogP contribution is 2.21. The predicted molar refractivity (Wildman–Crippen MR) is 107 cm³/mol. The molecule has 0 aliphatic carbocycles. The molecule has 7 heteroatoms. The molecule has 0 fully saturated rings. The number of amides is 2. The van der Waals surface area contributed by atoms with Crippen LogP contribution in [0.4, 0.5) is 5.69 Å². The Kier molecular flexibility index (Phi) is 7.26. The third kappa shape index (κ3) is 4.94. The third-order valence-electron chi connectivity index (χ3n) is 4.76. The van der Waals surface area contributed by atoms with Crippen LogP contribution in [0.25, 0.3) is 0 Å². The number of carbonyl (C=O) groups is 2. The van der Waals surface area contributed by atoms with Gasteiger partial charge in [-0.2, -0.15) is 0 Å². The summed E-state index contributed by atoms with van der Waals surface area (Å²) in [6.07, 6.45) is 0.296. The first kappa shape index (κ1) is 21.1. The van der Waals surface area contributed by atoms with Crippen molar-refractivity contribution in [2.24, 2.45) is 0 Å². The molecule has 0 radical (unpaired) electrons. The van der Waals surface area contributed by atoms with E-state index in [1.165, 1.54) is 18.0 Å². The lowest BCUT2D eigenvalue weighted by Gasteiger charge is -2.30. The van der Waals surface area contributed by atoms with E-state index in [0.717, 1.165) is 11.1 Å². The highest BCUT2D eigenvalue weighted by molar-refractivity contribution is 5.88. The Labute approximate surface area is 164 Å². The number of hydrogen-bond acceptors (Lipinski definition) is 4. The Bertz CT molecular complexity index is 866. The van der Waals surface area contributed by atoms with Crippen molar-refractivity contribution < 1.29 is 14.5 Å². The Balaban J connectivity index is 2.37. The van der Waals surface area contributed by atoms with Crippen LogP contribution in [0, 0.1) is 17.0 Å². The molecule has 2 amide bonds. The molecule has 2 aromatic rings. The molecule has 0 unspecified atom stereocenters. The van der Waals surface area contributed by atoms with Crippen LogP contribution in [0.3, 0.4) is 0 Å². The molecule has 0 aromatic heterocycles. The lowest BCUT2D eigenvalue weighted by Crippen LogP contribution is -2.48. The molecular weight excluding hydrogens is 358 g/mol. The summed E-state index contributed by atoms with van der Waals surface area (Å²) >= 11 is 0. The molecule has 0 saturated heterocycles. The Morgan fingerprint density at radius 3 is 2.29 bits per heavy atom. The number of aryl methyl sites for hydroxylation is 1. The van der Waals surface area contributed by atoms with E-state index in [4.69, 9.17) is 0 Å². The van der Waals surface area contributed by atoms with Crippen molar-refractivity contribution in [3.8, 4) is 0 Å². The van der Waals surface area contributed by atoms with Gasteiger partial charge in [-0.3, -0.25) is 19.7 Å². The Hall–Kier alpha value is -3.22. The van der Waals surface area contributed by atoms with Gasteiger partial charge < -0.3 is 10.2 Å². The van der Waals surface area contributed by atoms with Crippen LogP contribution in [0.15, 0.2) is 48.5 Å². The number of nitrogens with zero attached hydrogens (tertiary/aromatic N) is 2. The van der Waals surface area contributed by atoms with Gasteiger partial charge in [0, 0.05) is 25.2 Å². The molecule has 0 aliphatic heterocycles. The van der Waals surface area contributed by atoms with Crippen LogP contribution in [-0.2, 0) is 22.6 Å². The minimum atomic E-state index is -0.653. The van der Waals surface area contributed by atoms with Gasteiger partial charge in [-0.25, -0.2) is 0 Å². The van der Waals surface area contributed by atoms with E-state index in [-0.39, 0.29) is 30.5 Å². The second-order valence-electron chi connectivity index (χ2n) is 6.55. The van der Waals surface area contributed by atoms with Crippen molar-refractivity contribution >= 4 is 17.5 Å². The summed E-state index contributed by atoms with van der Waals surface area (Å²) in [5.74, 6) is -0.583. The summed E-state index contributed by atoms with van der Waals surface area (Å²) in [4.78, 5) is 37.8. The summed E-state index contributed by atoms with van der Waals surface area (Å²) in [6.45, 7) is 4.04. The van der Waals surface area contributed by atoms with Crippen molar-refractivity contribution in [3.05, 3.63) is 75.3 Å². The highest BCUT2D eigenvalue weighted by atomic mass is 16.6. The van der Waals surface area contributed by atoms with Gasteiger partial charge in [0.05, 0.1) is 11.3 Å². The fraction of sp³-hybridized carbons (Fsp3) is 0.333. The normalized spacial score (nSPS) is 11.5. The van der Waals surface area contributed by atoms with E-state index in [1.807, 2.05) is 38.1 Å². The third-order valence-corrected chi connectivity index (χ3v) is 4.76. The lowest BCUT2D eigenvalue weighted by atomic mass is 10.0. The van der Waals surface area contributed by atoms with Gasteiger partial charge in [0.25, 0.3) is 5.69 Å². The Morgan fingerprint density at radius 1 is 1.11 bits per heavy atom. The van der Waals surface area contributed by atoms with Gasteiger partial charge in [-0.1, -0.05) is 49.4 Å². The van der Waals surface area contributed by atoms with E-state index in [9.17, 15) is 19.7 Å². The fourth-order valence-corrected chi connectivity index (χ4v) is 3.16. The number of carbonyl (C=O) groups excluding carboxylic acids is 2. The number of nitro benzene ring substituents is 1. The monoisotopic (exact) mass is 383 g/mol. The summed E-state index contributed by atoms with van der Waals surface area (Å²) in [5, 5.41) is 13.9. The van der Waals surface area contributed by atoms with E-state index >= 15 is 0 Å². The minimum absolute atomic E-state index is 0.0975. The Morgan fingerprint density at radius 2 is 1.71 bits per heavy atom. The summed E-state index contributed by atoms with van der Waals surface area (Å²) in [7, 11) is 1.53. The molecule has 148 valence electrons. The SMILES string of the molecule is CC[C@@H](C(=O)NC)N(Cc1ccccc1C)C(=O)Cc1ccccc1[N+](=O)[O-]. The molecule has 1 N–H and O–H groups in total. The van der Waals surface area contributed by atoms with Gasteiger partial charge in [-0.05, 0) is 24.5 Å². The number of nitrogens with one attached hydrogen (secondary N) is 1. The van der Waals surface area contributed by atoms with Crippen molar-refractivity contribution in [2.45, 2.75) is 39.3 Å². The van der Waals surface area contributed by atoms with Crippen molar-refractivity contribution in [3.63, 3.8) is 0 Å². The zero-order valence-electron chi connectivity index (χ0n) is 16.3. The lowest BCUT2D eigenvalue weighted by molar-refractivity contribution is -0.385. The second-order valence-corrected chi connectivity index (χ2v) is 6.55. The highest BCUT2D eigenvalue weighted by Gasteiger charge is 2.29. The number of hydrogen-bond donors (Lipinski definition) is 1. The van der Waals surface area contributed by atoms with Gasteiger partial charge in [0.1, 0.15) is 6.04 Å². The molecular formula is C21H25N3O4. The molecule has 0 saturated carbocycles. The zero-order chi connectivity index (χ0) is 20.7. The van der Waals surface area contributed by atoms with E-state index in [1.54, 1.807) is 18.2 Å². The summed E-state index contributed by atoms with van der Waals surface area (Å²) < 4.78 is 0. The average molecular weight is 383 g/mol. The molecule has 0 spiro atoms. The van der Waals surface area contributed by atoms with Crippen LogP contribution in [0.1, 0.15) is 30.0 Å². The summed E-state index contributed by atoms with van der Waals surface area (Å²) in [5.41, 5.74) is 2.18. The molecule has 2 rings (SSSR count). The van der Waals surface area contributed by atoms with Gasteiger partial charge in [-0.15, -0.1) is 0 Å². The van der Waals surface area contributed by atoms with Crippen molar-refractivity contribution in [1.82, 2.24) is 10.2 Å². The number of para-hydroxylation sites is 1. The quantitative estimate of drug-likeness (QED) is 0.560. The van der Waals surface area contributed by atoms with E-state index < -0.39 is 11.0 Å². The average Bonchev–Trinajstić information content (AvgIpc) is 2.69. The van der Waals surface area contributed by atoms with Crippen molar-refractivity contribution in [1.29, 1.82) is 0 Å². The molecule has 0 aliphatic rings. The van der Waals surface area contributed by atoms with Crippen LogP contribution >= 0.6 is 0 Å². The predicted octanol–water partition coefficient (Wildman–Crippen LogP) is 3.00. The van der Waals surface area contributed by atoms with E-state index in [2.05, 4.69) is 5.32 Å². The van der Waals surface area contributed by atoms with Crippen molar-refractivity contribution in [2.75, 3.05) is 7.05 Å². The molecule has 0 bridgehead atoms. The van der Waals surface area contributed by atoms with Crippen LogP contribution in [0.5, 0.6) is 0 Å². The minimum Gasteiger partial charge on any atom is -0.357 e. The standard InChI is InChI=1S/C21H25N3O4/c1-4-18(21(26)22-3)23(14-17-11-6-5-9-15(17)2)20(25)13-16-10-7-8-12-19(16)24(27)28/h5-12,18H,4,13-14H2,1-3H3,(H,22,26)/t18-/m0/s1. The van der Waals surface area contributed by atoms with Crippen LogP contribution in [0.2, 0.25) is 0 Å². The maximum atomic E-state index is 13.1. The molecule has 2 aromatic carbocycles. The van der Waals surface area contributed by atoms with Crippen LogP contribution in [-0.4, -0.2) is 34.7 Å². The smallest absolute Gasteiger partial charge is 0.273 e. The first-order chi connectivity index (χ1) is 13.4. The molecule has 0 heterocycles. The second kappa shape index (κ2) is 9.64. The largest absolute Gasteiger partial charge is 0.357 e. The number of benzene rings is 2. The first-order valence-electron chi connectivity index (χ1n) is 9.16. The van der Waals surface area contributed by atoms with Gasteiger partial charge in [0.15, 0.2) is 0 Å². The van der Waals surface area contributed by atoms with Gasteiger partial charge in [0.2, 0.25) is 11.8 Å². The van der Waals surface area contributed by atoms with Crippen LogP contribution < -0.4 is 5.32 Å². The molecule has 28 heavy (non-hydrogen) atoms. The van der Waals surface area contributed by atoms with Gasteiger partial charge >= 0.3 is 0 Å². The summed E-state index contributed by atoms with van der Waals surface area (Å²) in [6, 6.07) is 13.2. The first-order valence-corrected chi connectivity index (χ1v) is 9.16. The number of likely N-dealkylation sites (N-methyl/N-ethyl adjacent to an activating group) is 1. The maximum absolute atomic E-state index is 13.1. The molecule has 1 atom stereocenters. The zero-order valence-corrected chi connectivity index (χ0v) is 16.3. The number of rotatable bonds is 8. The topological polar surface area (TPSA) is 92.6 Å². The molecule has 7 nitrogen and oxygen atoms in total. The fourth-order valence-electron chi connectivity index (χ4n) is 3.16. The number of nitro groups is 1. The van der Waals surface area contributed by atoms with E-state index in [0.29, 0.717) is 12.0 Å².